The summed E-state index contributed by atoms with van der Waals surface area (Å²) in [6.45, 7) is 0. The summed E-state index contributed by atoms with van der Waals surface area (Å²) in [6.07, 6.45) is 0.390. The fraction of sp³-hybridized carbons (Fsp3) is 0.231. The van der Waals surface area contributed by atoms with Crippen LogP contribution in [0.2, 0.25) is 5.02 Å². The Morgan fingerprint density at radius 3 is 2.62 bits per heavy atom. The van der Waals surface area contributed by atoms with Crippen LogP contribution >= 0.6 is 11.6 Å². The number of hydrogen-bond donors (Lipinski definition) is 2. The fourth-order valence-corrected chi connectivity index (χ4v) is 1.87. The normalized spacial score (nSPS) is 10.5. The summed E-state index contributed by atoms with van der Waals surface area (Å²) in [5, 5.41) is 22.2. The molecule has 8 heteroatoms. The molecule has 0 atom stereocenters. The first-order valence-corrected chi connectivity index (χ1v) is 6.46. The topological polar surface area (TPSA) is 95.1 Å². The molecule has 0 aliphatic rings. The summed E-state index contributed by atoms with van der Waals surface area (Å²) < 4.78 is 1.25. The number of rotatable bonds is 3. The maximum absolute atomic E-state index is 11.8. The Hall–Kier alpha value is -2.25. The van der Waals surface area contributed by atoms with Crippen LogP contribution in [0, 0.1) is 5.41 Å². The minimum Gasteiger partial charge on any atom is -0.286 e. The second kappa shape index (κ2) is 6.02. The van der Waals surface area contributed by atoms with Gasteiger partial charge in [0.1, 0.15) is 0 Å². The van der Waals surface area contributed by atoms with Crippen LogP contribution in [0.5, 0.6) is 0 Å². The maximum atomic E-state index is 11.8. The number of nitrogens with zero attached hydrogens (tertiary/aromatic N) is 4. The minimum atomic E-state index is -0.754. The molecule has 1 aromatic heterocycles. The van der Waals surface area contributed by atoms with Crippen molar-refractivity contribution in [3.63, 3.8) is 0 Å². The number of hydrogen-bond acceptors (Lipinski definition) is 5. The molecule has 0 aliphatic carbocycles. The van der Waals surface area contributed by atoms with Gasteiger partial charge in [-0.15, -0.1) is 0 Å². The number of halogens is 1. The molecule has 2 rings (SSSR count). The van der Waals surface area contributed by atoms with E-state index in [0.717, 1.165) is 5.56 Å². The molecule has 0 saturated heterocycles. The predicted molar refractivity (Wildman–Crippen MR) is 75.0 cm³/mol. The SMILES string of the molecule is CN(O)C(=O)c1nc(Cc2ccc(Cl)cc2)nn(C)c1=N. The van der Waals surface area contributed by atoms with Crippen LogP contribution in [0.15, 0.2) is 24.3 Å². The number of nitrogens with one attached hydrogen (secondary N) is 1. The van der Waals surface area contributed by atoms with Gasteiger partial charge in [-0.05, 0) is 17.7 Å². The second-order valence-corrected chi connectivity index (χ2v) is 4.92. The van der Waals surface area contributed by atoms with E-state index >= 15 is 0 Å². The highest BCUT2D eigenvalue weighted by Crippen LogP contribution is 2.11. The van der Waals surface area contributed by atoms with Crippen molar-refractivity contribution in [2.24, 2.45) is 7.05 Å². The Morgan fingerprint density at radius 2 is 2.05 bits per heavy atom. The van der Waals surface area contributed by atoms with Gasteiger partial charge in [-0.3, -0.25) is 15.4 Å². The average molecular weight is 308 g/mol. The van der Waals surface area contributed by atoms with Crippen LogP contribution in [0.1, 0.15) is 21.9 Å². The molecule has 0 fully saturated rings. The Kier molecular flexibility index (Phi) is 4.35. The number of benzene rings is 1. The maximum Gasteiger partial charge on any atom is 0.299 e. The van der Waals surface area contributed by atoms with Crippen molar-refractivity contribution in [2.45, 2.75) is 6.42 Å². The van der Waals surface area contributed by atoms with Crippen LogP contribution in [0.4, 0.5) is 0 Å². The number of aryl methyl sites for hydroxylation is 1. The van der Waals surface area contributed by atoms with E-state index in [1.807, 2.05) is 12.1 Å². The van der Waals surface area contributed by atoms with Gasteiger partial charge in [0.05, 0.1) is 0 Å². The van der Waals surface area contributed by atoms with E-state index in [9.17, 15) is 10.0 Å². The first-order chi connectivity index (χ1) is 9.88. The molecule has 2 N–H and O–H groups in total. The van der Waals surface area contributed by atoms with Crippen LogP contribution in [-0.2, 0) is 13.5 Å². The summed E-state index contributed by atoms with van der Waals surface area (Å²) in [7, 11) is 2.73. The van der Waals surface area contributed by atoms with Gasteiger partial charge in [0.15, 0.2) is 17.0 Å². The van der Waals surface area contributed by atoms with Crippen molar-refractivity contribution in [1.82, 2.24) is 19.8 Å². The van der Waals surface area contributed by atoms with Crippen molar-refractivity contribution in [2.75, 3.05) is 7.05 Å². The Labute approximate surface area is 125 Å². The molecule has 7 nitrogen and oxygen atoms in total. The molecular formula is C13H14ClN5O2. The van der Waals surface area contributed by atoms with E-state index in [-0.39, 0.29) is 11.2 Å². The molecule has 0 spiro atoms. The number of aromatic nitrogens is 3. The number of amides is 1. The van der Waals surface area contributed by atoms with Crippen molar-refractivity contribution >= 4 is 17.5 Å². The molecule has 0 radical (unpaired) electrons. The van der Waals surface area contributed by atoms with E-state index < -0.39 is 5.91 Å². The van der Waals surface area contributed by atoms with Crippen LogP contribution in [-0.4, -0.2) is 38.0 Å². The lowest BCUT2D eigenvalue weighted by Gasteiger charge is -2.10. The van der Waals surface area contributed by atoms with Gasteiger partial charge >= 0.3 is 0 Å². The lowest BCUT2D eigenvalue weighted by atomic mass is 10.1. The van der Waals surface area contributed by atoms with E-state index in [1.54, 1.807) is 19.2 Å². The molecule has 1 amide bonds. The first-order valence-electron chi connectivity index (χ1n) is 6.08. The zero-order valence-corrected chi connectivity index (χ0v) is 12.3. The van der Waals surface area contributed by atoms with E-state index in [0.29, 0.717) is 22.3 Å². The van der Waals surface area contributed by atoms with E-state index in [1.165, 1.54) is 11.7 Å². The second-order valence-electron chi connectivity index (χ2n) is 4.48. The Balaban J connectivity index is 2.39. The number of carbonyl (C=O) groups is 1. The van der Waals surface area contributed by atoms with Gasteiger partial charge < -0.3 is 0 Å². The highest BCUT2D eigenvalue weighted by molar-refractivity contribution is 6.30. The van der Waals surface area contributed by atoms with Gasteiger partial charge in [-0.25, -0.2) is 14.7 Å². The van der Waals surface area contributed by atoms with Gasteiger partial charge in [0, 0.05) is 25.5 Å². The molecule has 0 aliphatic heterocycles. The highest BCUT2D eigenvalue weighted by Gasteiger charge is 2.17. The number of hydroxylamine groups is 2. The molecule has 1 aromatic carbocycles. The lowest BCUT2D eigenvalue weighted by Crippen LogP contribution is -2.35. The smallest absolute Gasteiger partial charge is 0.286 e. The molecule has 0 unspecified atom stereocenters. The van der Waals surface area contributed by atoms with Crippen molar-refractivity contribution in [3.05, 3.63) is 51.9 Å². The summed E-state index contributed by atoms with van der Waals surface area (Å²) >= 11 is 5.82. The first kappa shape index (κ1) is 15.1. The molecule has 110 valence electrons. The molecule has 2 aromatic rings. The van der Waals surface area contributed by atoms with E-state index in [4.69, 9.17) is 17.0 Å². The highest BCUT2D eigenvalue weighted by atomic mass is 35.5. The molecule has 1 heterocycles. The van der Waals surface area contributed by atoms with Crippen LogP contribution < -0.4 is 5.49 Å². The monoisotopic (exact) mass is 307 g/mol. The Morgan fingerprint density at radius 1 is 1.43 bits per heavy atom. The summed E-state index contributed by atoms with van der Waals surface area (Å²) in [5.74, 6) is -0.378. The van der Waals surface area contributed by atoms with Crippen LogP contribution in [0.3, 0.4) is 0 Å². The molecule has 21 heavy (non-hydrogen) atoms. The third-order valence-electron chi connectivity index (χ3n) is 2.83. The average Bonchev–Trinajstić information content (AvgIpc) is 2.44. The van der Waals surface area contributed by atoms with Gasteiger partial charge in [0.2, 0.25) is 0 Å². The number of carbonyl (C=O) groups excluding carboxylic acids is 1. The van der Waals surface area contributed by atoms with Crippen molar-refractivity contribution in [1.29, 1.82) is 5.41 Å². The largest absolute Gasteiger partial charge is 0.299 e. The van der Waals surface area contributed by atoms with E-state index in [2.05, 4.69) is 10.1 Å². The molecule has 0 bridgehead atoms. The summed E-state index contributed by atoms with van der Waals surface area (Å²) in [6, 6.07) is 7.17. The third kappa shape index (κ3) is 3.45. The predicted octanol–water partition coefficient (Wildman–Crippen LogP) is 1.000. The molecular weight excluding hydrogens is 294 g/mol. The molecule has 0 saturated carbocycles. The Bertz CT molecular complexity index is 724. The summed E-state index contributed by atoms with van der Waals surface area (Å²) in [4.78, 5) is 15.9. The van der Waals surface area contributed by atoms with Gasteiger partial charge in [-0.1, -0.05) is 23.7 Å². The van der Waals surface area contributed by atoms with Crippen molar-refractivity contribution in [3.8, 4) is 0 Å². The third-order valence-corrected chi connectivity index (χ3v) is 3.08. The lowest BCUT2D eigenvalue weighted by molar-refractivity contribution is -0.0382. The quantitative estimate of drug-likeness (QED) is 0.653. The van der Waals surface area contributed by atoms with Crippen LogP contribution in [0.25, 0.3) is 0 Å². The van der Waals surface area contributed by atoms with Crippen molar-refractivity contribution < 1.29 is 10.0 Å². The van der Waals surface area contributed by atoms with Gasteiger partial charge in [-0.2, -0.15) is 5.10 Å². The zero-order chi connectivity index (χ0) is 15.6. The van der Waals surface area contributed by atoms with Gasteiger partial charge in [0.25, 0.3) is 5.91 Å². The zero-order valence-electron chi connectivity index (χ0n) is 11.5. The standard InChI is InChI=1S/C13H14ClN5O2/c1-18-12(15)11(13(20)19(2)21)16-10(17-18)7-8-3-5-9(14)6-4-8/h3-6,15,21H,7H2,1-2H3. The summed E-state index contributed by atoms with van der Waals surface area (Å²) in [5.41, 5.74) is 0.607. The minimum absolute atomic E-state index is 0.151. The fourth-order valence-electron chi connectivity index (χ4n) is 1.74.